The molecule has 1 aliphatic carbocycles. The molecule has 0 saturated heterocycles. The zero-order chi connectivity index (χ0) is 13.2. The van der Waals surface area contributed by atoms with Gasteiger partial charge in [0.05, 0.1) is 12.1 Å². The van der Waals surface area contributed by atoms with Gasteiger partial charge in [-0.05, 0) is 43.0 Å². The number of anilines is 1. The van der Waals surface area contributed by atoms with Crippen molar-refractivity contribution in [1.29, 1.82) is 0 Å². The van der Waals surface area contributed by atoms with Crippen LogP contribution in [-0.2, 0) is 6.42 Å². The van der Waals surface area contributed by atoms with Crippen LogP contribution in [0.15, 0.2) is 18.2 Å². The lowest BCUT2D eigenvalue weighted by Gasteiger charge is -2.28. The number of nitrogens with one attached hydrogen (secondary N) is 2. The second-order valence-corrected chi connectivity index (χ2v) is 5.48. The first-order valence-electron chi connectivity index (χ1n) is 7.10. The maximum Gasteiger partial charge on any atom is 0.251 e. The van der Waals surface area contributed by atoms with E-state index in [4.69, 9.17) is 0 Å². The summed E-state index contributed by atoms with van der Waals surface area (Å²) < 4.78 is 0. The summed E-state index contributed by atoms with van der Waals surface area (Å²) in [6, 6.07) is 5.68. The summed E-state index contributed by atoms with van der Waals surface area (Å²) in [6.07, 6.45) is 4.38. The monoisotopic (exact) mass is 260 g/mol. The van der Waals surface area contributed by atoms with E-state index in [1.54, 1.807) is 0 Å². The highest BCUT2D eigenvalue weighted by molar-refractivity contribution is 5.95. The fourth-order valence-electron chi connectivity index (χ4n) is 2.98. The first-order valence-corrected chi connectivity index (χ1v) is 7.10. The molecule has 2 atom stereocenters. The minimum Gasteiger partial charge on any atom is -0.391 e. The van der Waals surface area contributed by atoms with Gasteiger partial charge in [0.15, 0.2) is 0 Å². The third kappa shape index (κ3) is 2.59. The maximum absolute atomic E-state index is 12.2. The molecule has 0 bridgehead atoms. The Labute approximate surface area is 113 Å². The lowest BCUT2D eigenvalue weighted by Crippen LogP contribution is -2.45. The van der Waals surface area contributed by atoms with Crippen LogP contribution in [0.1, 0.15) is 41.6 Å². The number of aliphatic hydroxyl groups is 1. The highest BCUT2D eigenvalue weighted by atomic mass is 16.3. The quantitative estimate of drug-likeness (QED) is 0.758. The van der Waals surface area contributed by atoms with E-state index in [1.807, 2.05) is 18.2 Å². The second-order valence-electron chi connectivity index (χ2n) is 5.48. The molecule has 1 saturated carbocycles. The molecule has 4 heteroatoms. The number of rotatable bonds is 2. The summed E-state index contributed by atoms with van der Waals surface area (Å²) in [5.74, 6) is -0.0688. The van der Waals surface area contributed by atoms with Gasteiger partial charge in [-0.15, -0.1) is 0 Å². The molecule has 3 rings (SSSR count). The Morgan fingerprint density at radius 2 is 2.16 bits per heavy atom. The third-order valence-corrected chi connectivity index (χ3v) is 4.12. The van der Waals surface area contributed by atoms with Crippen molar-refractivity contribution in [1.82, 2.24) is 5.32 Å². The van der Waals surface area contributed by atoms with Gasteiger partial charge < -0.3 is 15.7 Å². The van der Waals surface area contributed by atoms with Crippen molar-refractivity contribution in [3.63, 3.8) is 0 Å². The second kappa shape index (κ2) is 5.21. The molecule has 1 aliphatic heterocycles. The molecule has 2 aliphatic rings. The Kier molecular flexibility index (Phi) is 3.42. The van der Waals surface area contributed by atoms with Gasteiger partial charge in [-0.25, -0.2) is 0 Å². The standard InChI is InChI=1S/C15H20N2O2/c18-14-4-2-1-3-13(14)17-15(19)11-5-6-12-10(9-11)7-8-16-12/h5-6,9,13-14,16,18H,1-4,7-8H2,(H,17,19)/t13-,14-/m0/s1. The predicted molar refractivity (Wildman–Crippen MR) is 74.4 cm³/mol. The average molecular weight is 260 g/mol. The summed E-state index contributed by atoms with van der Waals surface area (Å²) >= 11 is 0. The van der Waals surface area contributed by atoms with Gasteiger partial charge in [0.25, 0.3) is 5.91 Å². The highest BCUT2D eigenvalue weighted by Gasteiger charge is 2.25. The van der Waals surface area contributed by atoms with E-state index in [9.17, 15) is 9.90 Å². The Bertz CT molecular complexity index is 487. The SMILES string of the molecule is O=C(N[C@H]1CCCC[C@@H]1O)c1ccc2c(c1)CCN2. The predicted octanol–water partition coefficient (Wildman–Crippen LogP) is 1.69. The number of fused-ring (bicyclic) bond motifs is 1. The Morgan fingerprint density at radius 1 is 1.32 bits per heavy atom. The first kappa shape index (κ1) is 12.5. The number of hydrogen-bond donors (Lipinski definition) is 3. The van der Waals surface area contributed by atoms with Crippen molar-refractivity contribution in [2.75, 3.05) is 11.9 Å². The van der Waals surface area contributed by atoms with E-state index >= 15 is 0 Å². The van der Waals surface area contributed by atoms with Crippen molar-refractivity contribution in [3.8, 4) is 0 Å². The molecule has 1 fully saturated rings. The van der Waals surface area contributed by atoms with E-state index in [2.05, 4.69) is 10.6 Å². The van der Waals surface area contributed by atoms with Crippen LogP contribution in [-0.4, -0.2) is 29.7 Å². The van der Waals surface area contributed by atoms with Crippen LogP contribution in [0.25, 0.3) is 0 Å². The molecule has 1 aromatic rings. The molecule has 102 valence electrons. The highest BCUT2D eigenvalue weighted by Crippen LogP contribution is 2.23. The van der Waals surface area contributed by atoms with Crippen LogP contribution in [0.2, 0.25) is 0 Å². The number of carbonyl (C=O) groups excluding carboxylic acids is 1. The van der Waals surface area contributed by atoms with Crippen molar-refractivity contribution >= 4 is 11.6 Å². The molecule has 1 heterocycles. The zero-order valence-electron chi connectivity index (χ0n) is 11.0. The van der Waals surface area contributed by atoms with Crippen LogP contribution in [0.3, 0.4) is 0 Å². The Morgan fingerprint density at radius 3 is 3.00 bits per heavy atom. The van der Waals surface area contributed by atoms with Crippen LogP contribution in [0.5, 0.6) is 0 Å². The van der Waals surface area contributed by atoms with Crippen LogP contribution < -0.4 is 10.6 Å². The summed E-state index contributed by atoms with van der Waals surface area (Å²) in [4.78, 5) is 12.2. The first-order chi connectivity index (χ1) is 9.24. The fraction of sp³-hybridized carbons (Fsp3) is 0.533. The van der Waals surface area contributed by atoms with E-state index in [0.717, 1.165) is 44.3 Å². The third-order valence-electron chi connectivity index (χ3n) is 4.12. The molecular formula is C15H20N2O2. The molecule has 3 N–H and O–H groups in total. The van der Waals surface area contributed by atoms with E-state index in [-0.39, 0.29) is 11.9 Å². The minimum atomic E-state index is -0.395. The number of carbonyl (C=O) groups is 1. The lowest BCUT2D eigenvalue weighted by molar-refractivity contribution is 0.0717. The number of hydrogen-bond acceptors (Lipinski definition) is 3. The number of aliphatic hydroxyl groups excluding tert-OH is 1. The van der Waals surface area contributed by atoms with E-state index in [0.29, 0.717) is 5.56 Å². The van der Waals surface area contributed by atoms with E-state index in [1.165, 1.54) is 5.56 Å². The fourth-order valence-corrected chi connectivity index (χ4v) is 2.98. The summed E-state index contributed by atoms with van der Waals surface area (Å²) in [5, 5.41) is 16.1. The molecule has 4 nitrogen and oxygen atoms in total. The summed E-state index contributed by atoms with van der Waals surface area (Å²) in [5.41, 5.74) is 3.03. The van der Waals surface area contributed by atoms with Crippen molar-refractivity contribution < 1.29 is 9.90 Å². The molecule has 0 unspecified atom stereocenters. The van der Waals surface area contributed by atoms with Gasteiger partial charge in [-0.1, -0.05) is 12.8 Å². The largest absolute Gasteiger partial charge is 0.391 e. The van der Waals surface area contributed by atoms with Gasteiger partial charge in [-0.3, -0.25) is 4.79 Å². The molecule has 0 spiro atoms. The Hall–Kier alpha value is -1.55. The number of benzene rings is 1. The topological polar surface area (TPSA) is 61.4 Å². The van der Waals surface area contributed by atoms with Crippen LogP contribution in [0, 0.1) is 0 Å². The molecule has 0 radical (unpaired) electrons. The molecular weight excluding hydrogens is 240 g/mol. The average Bonchev–Trinajstić information content (AvgIpc) is 2.88. The van der Waals surface area contributed by atoms with Crippen LogP contribution in [0.4, 0.5) is 5.69 Å². The minimum absolute atomic E-state index is 0.0688. The molecule has 0 aromatic heterocycles. The lowest BCUT2D eigenvalue weighted by atomic mass is 9.92. The van der Waals surface area contributed by atoms with Crippen molar-refractivity contribution in [2.45, 2.75) is 44.2 Å². The smallest absolute Gasteiger partial charge is 0.251 e. The molecule has 1 amide bonds. The van der Waals surface area contributed by atoms with Crippen molar-refractivity contribution in [3.05, 3.63) is 29.3 Å². The van der Waals surface area contributed by atoms with Gasteiger partial charge in [0, 0.05) is 17.8 Å². The van der Waals surface area contributed by atoms with E-state index < -0.39 is 6.10 Å². The summed E-state index contributed by atoms with van der Waals surface area (Å²) in [6.45, 7) is 0.946. The number of amides is 1. The van der Waals surface area contributed by atoms with Gasteiger partial charge in [0.1, 0.15) is 0 Å². The van der Waals surface area contributed by atoms with Crippen molar-refractivity contribution in [2.24, 2.45) is 0 Å². The van der Waals surface area contributed by atoms with Gasteiger partial charge >= 0.3 is 0 Å². The molecule has 19 heavy (non-hydrogen) atoms. The maximum atomic E-state index is 12.2. The Balaban J connectivity index is 1.70. The summed E-state index contributed by atoms with van der Waals surface area (Å²) in [7, 11) is 0. The molecule has 1 aromatic carbocycles. The zero-order valence-corrected chi connectivity index (χ0v) is 11.0. The van der Waals surface area contributed by atoms with Gasteiger partial charge in [0.2, 0.25) is 0 Å². The normalized spacial score (nSPS) is 25.5. The van der Waals surface area contributed by atoms with Gasteiger partial charge in [-0.2, -0.15) is 0 Å². The van der Waals surface area contributed by atoms with Crippen LogP contribution >= 0.6 is 0 Å².